The average molecular weight is 253 g/mol. The number of rotatable bonds is 5. The Balaban J connectivity index is 2.22. The third-order valence-corrected chi connectivity index (χ3v) is 3.09. The second-order valence-corrected chi connectivity index (χ2v) is 4.34. The first kappa shape index (κ1) is 13.0. The van der Waals surface area contributed by atoms with Crippen molar-refractivity contribution < 1.29 is 4.79 Å². The smallest absolute Gasteiger partial charge is 0.170 e. The highest BCUT2D eigenvalue weighted by atomic mass is 16.1. The summed E-state index contributed by atoms with van der Waals surface area (Å²) in [6.07, 6.45) is 4.21. The molecule has 4 nitrogen and oxygen atoms in total. The van der Waals surface area contributed by atoms with Gasteiger partial charge in [0.05, 0.1) is 23.5 Å². The maximum atomic E-state index is 12.2. The van der Waals surface area contributed by atoms with Gasteiger partial charge in [-0.25, -0.2) is 4.68 Å². The molecule has 0 radical (unpaired) electrons. The molecule has 0 saturated heterocycles. The first-order valence-corrected chi connectivity index (χ1v) is 6.27. The largest absolute Gasteiger partial charge is 0.294 e. The number of ketones is 1. The number of hydrogen-bond donors (Lipinski definition) is 0. The van der Waals surface area contributed by atoms with Crippen molar-refractivity contribution in [1.29, 1.82) is 5.26 Å². The second kappa shape index (κ2) is 5.96. The fourth-order valence-electron chi connectivity index (χ4n) is 1.94. The van der Waals surface area contributed by atoms with Gasteiger partial charge in [-0.2, -0.15) is 10.4 Å². The summed E-state index contributed by atoms with van der Waals surface area (Å²) in [4.78, 5) is 12.2. The molecule has 1 aromatic carbocycles. The van der Waals surface area contributed by atoms with Gasteiger partial charge in [0.15, 0.2) is 5.78 Å². The number of para-hydroxylation sites is 1. The summed E-state index contributed by atoms with van der Waals surface area (Å²) in [7, 11) is 0. The van der Waals surface area contributed by atoms with Gasteiger partial charge in [-0.15, -0.1) is 0 Å². The van der Waals surface area contributed by atoms with Crippen LogP contribution in [0.5, 0.6) is 0 Å². The minimum Gasteiger partial charge on any atom is -0.294 e. The number of nitriles is 1. The molecular formula is C15H15N3O. The zero-order valence-electron chi connectivity index (χ0n) is 10.8. The van der Waals surface area contributed by atoms with Gasteiger partial charge in [0, 0.05) is 18.5 Å². The third-order valence-electron chi connectivity index (χ3n) is 3.09. The number of hydrogen-bond acceptors (Lipinski definition) is 3. The molecule has 0 amide bonds. The van der Waals surface area contributed by atoms with Gasteiger partial charge in [-0.1, -0.05) is 25.1 Å². The van der Waals surface area contributed by atoms with Crippen molar-refractivity contribution in [2.75, 3.05) is 0 Å². The predicted octanol–water partition coefficient (Wildman–Crippen LogP) is 2.99. The van der Waals surface area contributed by atoms with Crippen LogP contribution in [0.3, 0.4) is 0 Å². The average Bonchev–Trinajstić information content (AvgIpc) is 2.95. The first-order chi connectivity index (χ1) is 9.26. The number of aromatic nitrogens is 2. The van der Waals surface area contributed by atoms with E-state index in [1.165, 1.54) is 0 Å². The number of carbonyl (C=O) groups is 1. The van der Waals surface area contributed by atoms with Gasteiger partial charge in [0.1, 0.15) is 0 Å². The van der Waals surface area contributed by atoms with Crippen molar-refractivity contribution in [3.63, 3.8) is 0 Å². The highest BCUT2D eigenvalue weighted by molar-refractivity contribution is 5.97. The van der Waals surface area contributed by atoms with Gasteiger partial charge in [0.2, 0.25) is 0 Å². The molecule has 1 atom stereocenters. The molecule has 0 aliphatic carbocycles. The molecule has 2 rings (SSSR count). The van der Waals surface area contributed by atoms with Crippen LogP contribution in [0, 0.1) is 17.2 Å². The quantitative estimate of drug-likeness (QED) is 0.769. The number of nitrogens with zero attached hydrogens (tertiary/aromatic N) is 3. The van der Waals surface area contributed by atoms with E-state index in [2.05, 4.69) is 11.2 Å². The van der Waals surface area contributed by atoms with E-state index in [0.29, 0.717) is 12.0 Å². The molecule has 96 valence electrons. The van der Waals surface area contributed by atoms with Crippen LogP contribution in [0.25, 0.3) is 5.69 Å². The maximum Gasteiger partial charge on any atom is 0.170 e. The summed E-state index contributed by atoms with van der Waals surface area (Å²) < 4.78 is 1.67. The molecule has 19 heavy (non-hydrogen) atoms. The Morgan fingerprint density at radius 3 is 2.79 bits per heavy atom. The van der Waals surface area contributed by atoms with E-state index in [1.54, 1.807) is 17.1 Å². The lowest BCUT2D eigenvalue weighted by Crippen LogP contribution is -2.12. The van der Waals surface area contributed by atoms with Gasteiger partial charge in [-0.05, 0) is 18.6 Å². The maximum absolute atomic E-state index is 12.2. The summed E-state index contributed by atoms with van der Waals surface area (Å²) in [6, 6.07) is 11.7. The monoisotopic (exact) mass is 253 g/mol. The van der Waals surface area contributed by atoms with E-state index in [9.17, 15) is 4.79 Å². The van der Waals surface area contributed by atoms with E-state index < -0.39 is 0 Å². The molecule has 0 aliphatic heterocycles. The molecule has 0 saturated carbocycles. The number of Topliss-reactive ketones (excluding diaryl/α,β-unsaturated/α-hetero) is 1. The van der Waals surface area contributed by atoms with E-state index in [1.807, 2.05) is 37.3 Å². The standard InChI is InChI=1S/C15H15N3O/c1-2-12(8-9-16)15(19)13-10-17-18(11-13)14-6-4-3-5-7-14/h3-7,10-12H,2,8H2,1H3. The van der Waals surface area contributed by atoms with Crippen LogP contribution < -0.4 is 0 Å². The predicted molar refractivity (Wildman–Crippen MR) is 71.9 cm³/mol. The zero-order valence-corrected chi connectivity index (χ0v) is 10.8. The minimum absolute atomic E-state index is 0.00812. The summed E-state index contributed by atoms with van der Waals surface area (Å²) in [5, 5.41) is 12.9. The van der Waals surface area contributed by atoms with Gasteiger partial charge >= 0.3 is 0 Å². The Hall–Kier alpha value is -2.41. The van der Waals surface area contributed by atoms with Crippen LogP contribution in [0.4, 0.5) is 0 Å². The van der Waals surface area contributed by atoms with Crippen molar-refractivity contribution in [1.82, 2.24) is 9.78 Å². The van der Waals surface area contributed by atoms with Gasteiger partial charge in [0.25, 0.3) is 0 Å². The molecule has 1 unspecified atom stereocenters. The molecule has 4 heteroatoms. The second-order valence-electron chi connectivity index (χ2n) is 4.34. The van der Waals surface area contributed by atoms with Crippen molar-refractivity contribution in [3.05, 3.63) is 48.3 Å². The van der Waals surface area contributed by atoms with Gasteiger partial charge < -0.3 is 0 Å². The summed E-state index contributed by atoms with van der Waals surface area (Å²) in [6.45, 7) is 1.92. The van der Waals surface area contributed by atoms with E-state index in [4.69, 9.17) is 5.26 Å². The zero-order chi connectivity index (χ0) is 13.7. The highest BCUT2D eigenvalue weighted by Crippen LogP contribution is 2.16. The molecule has 0 aliphatic rings. The third kappa shape index (κ3) is 2.89. The highest BCUT2D eigenvalue weighted by Gasteiger charge is 2.19. The lowest BCUT2D eigenvalue weighted by Gasteiger charge is -2.07. The normalized spacial score (nSPS) is 11.8. The summed E-state index contributed by atoms with van der Waals surface area (Å²) >= 11 is 0. The van der Waals surface area contributed by atoms with E-state index in [-0.39, 0.29) is 18.1 Å². The topological polar surface area (TPSA) is 58.7 Å². The van der Waals surface area contributed by atoms with Crippen LogP contribution >= 0.6 is 0 Å². The minimum atomic E-state index is -0.238. The van der Waals surface area contributed by atoms with E-state index >= 15 is 0 Å². The van der Waals surface area contributed by atoms with Gasteiger partial charge in [-0.3, -0.25) is 4.79 Å². The van der Waals surface area contributed by atoms with Crippen LogP contribution in [-0.2, 0) is 0 Å². The van der Waals surface area contributed by atoms with Crippen LogP contribution in [-0.4, -0.2) is 15.6 Å². The van der Waals surface area contributed by atoms with Crippen molar-refractivity contribution in [3.8, 4) is 11.8 Å². The lowest BCUT2D eigenvalue weighted by molar-refractivity contribution is 0.0918. The van der Waals surface area contributed by atoms with E-state index in [0.717, 1.165) is 5.69 Å². The SMILES string of the molecule is CCC(CC#N)C(=O)c1cnn(-c2ccccc2)c1. The Bertz CT molecular complexity index is 595. The summed E-state index contributed by atoms with van der Waals surface area (Å²) in [5.74, 6) is -0.246. The van der Waals surface area contributed by atoms with Crippen molar-refractivity contribution >= 4 is 5.78 Å². The van der Waals surface area contributed by atoms with Crippen LogP contribution in [0.1, 0.15) is 30.1 Å². The van der Waals surface area contributed by atoms with Crippen molar-refractivity contribution in [2.24, 2.45) is 5.92 Å². The Labute approximate surface area is 112 Å². The molecule has 1 heterocycles. The molecule has 0 spiro atoms. The molecule has 1 aromatic heterocycles. The lowest BCUT2D eigenvalue weighted by atomic mass is 9.94. The fraction of sp³-hybridized carbons (Fsp3) is 0.267. The molecule has 2 aromatic rings. The van der Waals surface area contributed by atoms with Crippen LogP contribution in [0.2, 0.25) is 0 Å². The Kier molecular flexibility index (Phi) is 4.09. The number of carbonyl (C=O) groups excluding carboxylic acids is 1. The number of benzene rings is 1. The molecule has 0 bridgehead atoms. The molecule has 0 fully saturated rings. The fourth-order valence-corrected chi connectivity index (χ4v) is 1.94. The summed E-state index contributed by atoms with van der Waals surface area (Å²) in [5.41, 5.74) is 1.47. The van der Waals surface area contributed by atoms with Crippen LogP contribution in [0.15, 0.2) is 42.7 Å². The first-order valence-electron chi connectivity index (χ1n) is 6.27. The Morgan fingerprint density at radius 1 is 1.42 bits per heavy atom. The Morgan fingerprint density at radius 2 is 2.16 bits per heavy atom. The molecule has 0 N–H and O–H groups in total. The molecular weight excluding hydrogens is 238 g/mol. The van der Waals surface area contributed by atoms with Crippen molar-refractivity contribution in [2.45, 2.75) is 19.8 Å².